The van der Waals surface area contributed by atoms with Crippen molar-refractivity contribution in [3.63, 3.8) is 0 Å². The maximum Gasteiger partial charge on any atom is 0.233 e. The molecule has 0 spiro atoms. The molecule has 21 heavy (non-hydrogen) atoms. The Hall–Kier alpha value is -2.37. The van der Waals surface area contributed by atoms with E-state index in [1.165, 1.54) is 18.4 Å². The summed E-state index contributed by atoms with van der Waals surface area (Å²) in [6.07, 6.45) is 2.39. The highest BCUT2D eigenvalue weighted by Gasteiger charge is 2.17. The molecule has 1 fully saturated rings. The van der Waals surface area contributed by atoms with Crippen LogP contribution in [0.1, 0.15) is 18.4 Å². The van der Waals surface area contributed by atoms with Crippen molar-refractivity contribution in [2.45, 2.75) is 19.8 Å². The van der Waals surface area contributed by atoms with Gasteiger partial charge in [-0.05, 0) is 31.9 Å². The van der Waals surface area contributed by atoms with Crippen LogP contribution in [0.3, 0.4) is 0 Å². The predicted molar refractivity (Wildman–Crippen MR) is 85.3 cm³/mol. The van der Waals surface area contributed by atoms with E-state index in [0.29, 0.717) is 11.9 Å². The summed E-state index contributed by atoms with van der Waals surface area (Å²) < 4.78 is 0. The van der Waals surface area contributed by atoms with Crippen molar-refractivity contribution >= 4 is 23.5 Å². The minimum absolute atomic E-state index is 0.570. The van der Waals surface area contributed by atoms with Crippen LogP contribution in [0.2, 0.25) is 0 Å². The molecule has 6 heteroatoms. The predicted octanol–water partition coefficient (Wildman–Crippen LogP) is 2.57. The van der Waals surface area contributed by atoms with E-state index < -0.39 is 0 Å². The third-order valence-corrected chi connectivity index (χ3v) is 3.54. The molecule has 110 valence electrons. The van der Waals surface area contributed by atoms with Gasteiger partial charge in [-0.15, -0.1) is 0 Å². The summed E-state index contributed by atoms with van der Waals surface area (Å²) in [5, 5.41) is 6.24. The average Bonchev–Trinajstić information content (AvgIpc) is 3.04. The van der Waals surface area contributed by atoms with E-state index >= 15 is 0 Å². The van der Waals surface area contributed by atoms with E-state index in [1.807, 2.05) is 19.2 Å². The zero-order valence-corrected chi connectivity index (χ0v) is 12.4. The molecule has 1 aromatic carbocycles. The summed E-state index contributed by atoms with van der Waals surface area (Å²) in [6.45, 7) is 4.09. The van der Waals surface area contributed by atoms with Gasteiger partial charge in [0.15, 0.2) is 0 Å². The van der Waals surface area contributed by atoms with E-state index in [2.05, 4.69) is 49.5 Å². The quantitative estimate of drug-likeness (QED) is 0.899. The first-order valence-electron chi connectivity index (χ1n) is 7.27. The standard InChI is InChI=1S/C15H20N6/c1-11-5-7-12(8-6-11)17-14-18-13(16-2)19-15(20-14)21-9-3-4-10-21/h5-8H,3-4,9-10H2,1-2H3,(H2,16,17,18,19,20). The first-order valence-corrected chi connectivity index (χ1v) is 7.27. The zero-order chi connectivity index (χ0) is 14.7. The Bertz CT molecular complexity index is 604. The largest absolute Gasteiger partial charge is 0.357 e. The molecular weight excluding hydrogens is 264 g/mol. The van der Waals surface area contributed by atoms with Gasteiger partial charge in [0, 0.05) is 25.8 Å². The maximum atomic E-state index is 4.53. The molecule has 2 N–H and O–H groups in total. The summed E-state index contributed by atoms with van der Waals surface area (Å²) in [4.78, 5) is 15.5. The van der Waals surface area contributed by atoms with E-state index in [0.717, 1.165) is 24.7 Å². The molecule has 0 amide bonds. The summed E-state index contributed by atoms with van der Waals surface area (Å²) >= 11 is 0. The molecule has 3 rings (SSSR count). The van der Waals surface area contributed by atoms with E-state index in [4.69, 9.17) is 0 Å². The SMILES string of the molecule is CNc1nc(Nc2ccc(C)cc2)nc(N2CCCC2)n1. The Kier molecular flexibility index (Phi) is 3.85. The number of anilines is 4. The van der Waals surface area contributed by atoms with Crippen molar-refractivity contribution in [1.82, 2.24) is 15.0 Å². The normalized spacial score (nSPS) is 14.3. The molecule has 0 atom stereocenters. The third-order valence-electron chi connectivity index (χ3n) is 3.54. The van der Waals surface area contributed by atoms with E-state index in [-0.39, 0.29) is 0 Å². The van der Waals surface area contributed by atoms with Gasteiger partial charge in [-0.1, -0.05) is 17.7 Å². The van der Waals surface area contributed by atoms with Gasteiger partial charge in [0.25, 0.3) is 0 Å². The second-order valence-electron chi connectivity index (χ2n) is 5.22. The van der Waals surface area contributed by atoms with Gasteiger partial charge in [0.2, 0.25) is 17.8 Å². The second-order valence-corrected chi connectivity index (χ2v) is 5.22. The lowest BCUT2D eigenvalue weighted by atomic mass is 10.2. The van der Waals surface area contributed by atoms with Crippen molar-refractivity contribution in [2.24, 2.45) is 0 Å². The Morgan fingerprint density at radius 3 is 2.29 bits per heavy atom. The topological polar surface area (TPSA) is 66.0 Å². The van der Waals surface area contributed by atoms with Gasteiger partial charge in [-0.3, -0.25) is 0 Å². The lowest BCUT2D eigenvalue weighted by molar-refractivity contribution is 0.885. The molecule has 6 nitrogen and oxygen atoms in total. The van der Waals surface area contributed by atoms with Gasteiger partial charge < -0.3 is 15.5 Å². The molecule has 1 aliphatic rings. The molecule has 0 aliphatic carbocycles. The van der Waals surface area contributed by atoms with Crippen LogP contribution in [-0.4, -0.2) is 35.1 Å². The fraction of sp³-hybridized carbons (Fsp3) is 0.400. The van der Waals surface area contributed by atoms with Crippen molar-refractivity contribution in [3.8, 4) is 0 Å². The van der Waals surface area contributed by atoms with Crippen LogP contribution in [0.4, 0.5) is 23.5 Å². The third kappa shape index (κ3) is 3.21. The van der Waals surface area contributed by atoms with Gasteiger partial charge in [-0.25, -0.2) is 0 Å². The number of hydrogen-bond acceptors (Lipinski definition) is 6. The molecule has 2 heterocycles. The molecule has 0 bridgehead atoms. The van der Waals surface area contributed by atoms with Crippen LogP contribution in [0, 0.1) is 6.92 Å². The number of rotatable bonds is 4. The van der Waals surface area contributed by atoms with Crippen molar-refractivity contribution in [1.29, 1.82) is 0 Å². The molecular formula is C15H20N6. The minimum atomic E-state index is 0.570. The summed E-state index contributed by atoms with van der Waals surface area (Å²) in [5.41, 5.74) is 2.20. The van der Waals surface area contributed by atoms with E-state index in [9.17, 15) is 0 Å². The number of benzene rings is 1. The molecule has 1 aliphatic heterocycles. The molecule has 0 saturated carbocycles. The van der Waals surface area contributed by atoms with Crippen molar-refractivity contribution < 1.29 is 0 Å². The molecule has 0 radical (unpaired) electrons. The van der Waals surface area contributed by atoms with Gasteiger partial charge in [0.1, 0.15) is 0 Å². The number of aryl methyl sites for hydroxylation is 1. The number of nitrogens with zero attached hydrogens (tertiary/aromatic N) is 4. The summed E-state index contributed by atoms with van der Waals surface area (Å²) in [7, 11) is 1.82. The van der Waals surface area contributed by atoms with Gasteiger partial charge >= 0.3 is 0 Å². The van der Waals surface area contributed by atoms with Gasteiger partial charge in [0.05, 0.1) is 0 Å². The molecule has 2 aromatic rings. The molecule has 1 aromatic heterocycles. The van der Waals surface area contributed by atoms with E-state index in [1.54, 1.807) is 0 Å². The highest BCUT2D eigenvalue weighted by atomic mass is 15.3. The lowest BCUT2D eigenvalue weighted by Crippen LogP contribution is -2.21. The van der Waals surface area contributed by atoms with Crippen LogP contribution in [0.15, 0.2) is 24.3 Å². The fourth-order valence-electron chi connectivity index (χ4n) is 2.36. The first kappa shape index (κ1) is 13.6. The molecule has 0 unspecified atom stereocenters. The average molecular weight is 284 g/mol. The Labute approximate surface area is 124 Å². The van der Waals surface area contributed by atoms with Crippen molar-refractivity contribution in [3.05, 3.63) is 29.8 Å². The Balaban J connectivity index is 1.86. The smallest absolute Gasteiger partial charge is 0.233 e. The monoisotopic (exact) mass is 284 g/mol. The van der Waals surface area contributed by atoms with Gasteiger partial charge in [-0.2, -0.15) is 15.0 Å². The molecule has 1 saturated heterocycles. The highest BCUT2D eigenvalue weighted by molar-refractivity contribution is 5.56. The number of nitrogens with one attached hydrogen (secondary N) is 2. The highest BCUT2D eigenvalue weighted by Crippen LogP contribution is 2.20. The zero-order valence-electron chi connectivity index (χ0n) is 12.4. The first-order chi connectivity index (χ1) is 10.2. The van der Waals surface area contributed by atoms with Crippen molar-refractivity contribution in [2.75, 3.05) is 35.7 Å². The number of aromatic nitrogens is 3. The minimum Gasteiger partial charge on any atom is -0.357 e. The van der Waals surface area contributed by atoms with Crippen LogP contribution in [-0.2, 0) is 0 Å². The summed E-state index contributed by atoms with van der Waals surface area (Å²) in [6, 6.07) is 8.16. The Morgan fingerprint density at radius 1 is 0.952 bits per heavy atom. The van der Waals surface area contributed by atoms with Crippen LogP contribution >= 0.6 is 0 Å². The fourth-order valence-corrected chi connectivity index (χ4v) is 2.36. The lowest BCUT2D eigenvalue weighted by Gasteiger charge is -2.16. The Morgan fingerprint density at radius 2 is 1.62 bits per heavy atom. The second kappa shape index (κ2) is 5.95. The van der Waals surface area contributed by atoms with Crippen LogP contribution in [0.25, 0.3) is 0 Å². The summed E-state index contributed by atoms with van der Waals surface area (Å²) in [5.74, 6) is 1.89. The maximum absolute atomic E-state index is 4.53. The number of hydrogen-bond donors (Lipinski definition) is 2. The van der Waals surface area contributed by atoms with Crippen LogP contribution < -0.4 is 15.5 Å². The van der Waals surface area contributed by atoms with Crippen LogP contribution in [0.5, 0.6) is 0 Å².